The summed E-state index contributed by atoms with van der Waals surface area (Å²) < 4.78 is 0. The van der Waals surface area contributed by atoms with E-state index >= 15 is 0 Å². The fourth-order valence-corrected chi connectivity index (χ4v) is 1.68. The Kier molecular flexibility index (Phi) is 5.76. The minimum atomic E-state index is 1.07. The molecule has 0 bridgehead atoms. The largest absolute Gasteiger partial charge is 0.261 e. The summed E-state index contributed by atoms with van der Waals surface area (Å²) in [6.07, 6.45) is 12.1. The fourth-order valence-electron chi connectivity index (χ4n) is 1.68. The van der Waals surface area contributed by atoms with E-state index in [4.69, 9.17) is 0 Å². The van der Waals surface area contributed by atoms with E-state index < -0.39 is 0 Å². The van der Waals surface area contributed by atoms with Gasteiger partial charge in [-0.05, 0) is 44.2 Å². The van der Waals surface area contributed by atoms with E-state index in [0.717, 1.165) is 12.8 Å². The highest BCUT2D eigenvalue weighted by Crippen LogP contribution is 2.11. The summed E-state index contributed by atoms with van der Waals surface area (Å²) in [4.78, 5) is 4.47. The number of hydrogen-bond donors (Lipinski definition) is 0. The molecule has 0 aliphatic rings. The zero-order chi connectivity index (χ0) is 10.9. The van der Waals surface area contributed by atoms with E-state index in [1.54, 1.807) is 0 Å². The highest BCUT2D eigenvalue weighted by atomic mass is 14.7. The number of hydrogen-bond acceptors (Lipinski definition) is 1. The van der Waals surface area contributed by atoms with Crippen molar-refractivity contribution >= 4 is 0 Å². The number of unbranched alkanes of at least 4 members (excludes halogenated alkanes) is 1. The number of pyridine rings is 1. The first-order valence-electron chi connectivity index (χ1n) is 5.92. The van der Waals surface area contributed by atoms with Crippen molar-refractivity contribution in [3.8, 4) is 0 Å². The number of aromatic nitrogens is 1. The second-order valence-corrected chi connectivity index (χ2v) is 3.82. The topological polar surface area (TPSA) is 12.9 Å². The maximum Gasteiger partial charge on any atom is 0.0438 e. The van der Waals surface area contributed by atoms with Crippen molar-refractivity contribution in [2.45, 2.75) is 46.0 Å². The van der Waals surface area contributed by atoms with Gasteiger partial charge < -0.3 is 0 Å². The molecule has 1 heterocycles. The average molecular weight is 203 g/mol. The van der Waals surface area contributed by atoms with Gasteiger partial charge in [0.25, 0.3) is 0 Å². The van der Waals surface area contributed by atoms with E-state index in [1.807, 2.05) is 12.3 Å². The molecule has 0 aliphatic heterocycles. The van der Waals surface area contributed by atoms with Crippen LogP contribution in [0.5, 0.6) is 0 Å². The van der Waals surface area contributed by atoms with Gasteiger partial charge in [0.2, 0.25) is 0 Å². The molecule has 0 aliphatic carbocycles. The third-order valence-corrected chi connectivity index (χ3v) is 2.57. The molecular formula is C14H21N. The van der Waals surface area contributed by atoms with Gasteiger partial charge >= 0.3 is 0 Å². The van der Waals surface area contributed by atoms with E-state index in [2.05, 4.69) is 37.0 Å². The fraction of sp³-hybridized carbons (Fsp3) is 0.500. The predicted octanol–water partition coefficient (Wildman–Crippen LogP) is 3.93. The van der Waals surface area contributed by atoms with E-state index in [0.29, 0.717) is 0 Å². The van der Waals surface area contributed by atoms with Gasteiger partial charge in [-0.3, -0.25) is 4.98 Å². The molecule has 0 radical (unpaired) electrons. The summed E-state index contributed by atoms with van der Waals surface area (Å²) >= 11 is 0. The van der Waals surface area contributed by atoms with Gasteiger partial charge in [0.1, 0.15) is 0 Å². The molecule has 0 N–H and O–H groups in total. The van der Waals surface area contributed by atoms with Crippen LogP contribution in [0, 0.1) is 0 Å². The average Bonchev–Trinajstić information content (AvgIpc) is 2.28. The van der Waals surface area contributed by atoms with Gasteiger partial charge in [-0.15, -0.1) is 0 Å². The van der Waals surface area contributed by atoms with E-state index in [9.17, 15) is 0 Å². The summed E-state index contributed by atoms with van der Waals surface area (Å²) in [7, 11) is 0. The molecule has 0 saturated carbocycles. The molecule has 0 saturated heterocycles. The van der Waals surface area contributed by atoms with Crippen LogP contribution in [0.15, 0.2) is 30.5 Å². The Bertz CT molecular complexity index is 302. The van der Waals surface area contributed by atoms with Crippen LogP contribution in [0.3, 0.4) is 0 Å². The van der Waals surface area contributed by atoms with Crippen LogP contribution >= 0.6 is 0 Å². The first-order chi connectivity index (χ1) is 7.38. The maximum atomic E-state index is 4.47. The van der Waals surface area contributed by atoms with Crippen LogP contribution in [0.1, 0.15) is 44.4 Å². The van der Waals surface area contributed by atoms with Crippen molar-refractivity contribution < 1.29 is 0 Å². The lowest BCUT2D eigenvalue weighted by Gasteiger charge is -2.06. The third kappa shape index (κ3) is 4.28. The molecule has 0 spiro atoms. The van der Waals surface area contributed by atoms with Gasteiger partial charge in [-0.2, -0.15) is 0 Å². The number of nitrogens with zero attached hydrogens (tertiary/aromatic N) is 1. The zero-order valence-corrected chi connectivity index (χ0v) is 9.87. The van der Waals surface area contributed by atoms with Crippen molar-refractivity contribution in [2.75, 3.05) is 0 Å². The normalized spacial score (nSPS) is 11.1. The highest BCUT2D eigenvalue weighted by Gasteiger charge is 2.01. The summed E-state index contributed by atoms with van der Waals surface area (Å²) in [5.41, 5.74) is 2.72. The van der Waals surface area contributed by atoms with Crippen LogP contribution in [-0.2, 0) is 12.8 Å². The Morgan fingerprint density at radius 2 is 2.20 bits per heavy atom. The number of aryl methyl sites for hydroxylation is 2. The summed E-state index contributed by atoms with van der Waals surface area (Å²) in [5.74, 6) is 0. The molecule has 0 amide bonds. The Morgan fingerprint density at radius 1 is 1.33 bits per heavy atom. The predicted molar refractivity (Wildman–Crippen MR) is 66.0 cm³/mol. The van der Waals surface area contributed by atoms with Gasteiger partial charge in [0.05, 0.1) is 0 Å². The minimum absolute atomic E-state index is 1.07. The Labute approximate surface area is 93.2 Å². The number of rotatable bonds is 6. The van der Waals surface area contributed by atoms with Crippen molar-refractivity contribution in [1.82, 2.24) is 4.98 Å². The molecule has 1 nitrogen and oxygen atoms in total. The molecule has 0 atom stereocenters. The minimum Gasteiger partial charge on any atom is -0.261 e. The Hall–Kier alpha value is -1.11. The van der Waals surface area contributed by atoms with Crippen molar-refractivity contribution in [3.05, 3.63) is 41.7 Å². The third-order valence-electron chi connectivity index (χ3n) is 2.57. The van der Waals surface area contributed by atoms with E-state index in [-0.39, 0.29) is 0 Å². The van der Waals surface area contributed by atoms with Crippen molar-refractivity contribution in [3.63, 3.8) is 0 Å². The molecule has 0 fully saturated rings. The van der Waals surface area contributed by atoms with Crippen LogP contribution < -0.4 is 0 Å². The van der Waals surface area contributed by atoms with Gasteiger partial charge in [-0.1, -0.05) is 31.6 Å². The van der Waals surface area contributed by atoms with Crippen LogP contribution in [0.2, 0.25) is 0 Å². The Balaban J connectivity index is 2.59. The Morgan fingerprint density at radius 3 is 2.93 bits per heavy atom. The monoisotopic (exact) mass is 203 g/mol. The lowest BCUT2D eigenvalue weighted by Crippen LogP contribution is -1.97. The van der Waals surface area contributed by atoms with Crippen LogP contribution in [-0.4, -0.2) is 4.98 Å². The lowest BCUT2D eigenvalue weighted by atomic mass is 10.0. The maximum absolute atomic E-state index is 4.47. The first-order valence-corrected chi connectivity index (χ1v) is 5.92. The summed E-state index contributed by atoms with van der Waals surface area (Å²) in [6.45, 7) is 4.30. The molecule has 0 unspecified atom stereocenters. The van der Waals surface area contributed by atoms with Crippen molar-refractivity contribution in [2.24, 2.45) is 0 Å². The van der Waals surface area contributed by atoms with Crippen molar-refractivity contribution in [1.29, 1.82) is 0 Å². The molecule has 82 valence electrons. The standard InChI is InChI=1S/C14H21N/c1-3-5-7-11-14-13(9-6-4-2)10-8-12-15-14/h3,5,8,10,12H,4,6-7,9,11H2,1-2H3/b5-3+. The molecule has 0 aromatic carbocycles. The lowest BCUT2D eigenvalue weighted by molar-refractivity contribution is 0.774. The van der Waals surface area contributed by atoms with Crippen LogP contribution in [0.4, 0.5) is 0 Å². The molecule has 1 aromatic heterocycles. The zero-order valence-electron chi connectivity index (χ0n) is 9.87. The SMILES string of the molecule is C/C=C/CCc1ncccc1CCCC. The molecule has 1 aromatic rings. The second-order valence-electron chi connectivity index (χ2n) is 3.82. The van der Waals surface area contributed by atoms with E-state index in [1.165, 1.54) is 30.5 Å². The number of allylic oxidation sites excluding steroid dienone is 2. The quantitative estimate of drug-likeness (QED) is 0.638. The van der Waals surface area contributed by atoms with Gasteiger partial charge in [0, 0.05) is 11.9 Å². The second kappa shape index (κ2) is 7.22. The molecule has 1 rings (SSSR count). The summed E-state index contributed by atoms with van der Waals surface area (Å²) in [6, 6.07) is 4.26. The molecule has 15 heavy (non-hydrogen) atoms. The molecule has 1 heteroatoms. The highest BCUT2D eigenvalue weighted by molar-refractivity contribution is 5.20. The first kappa shape index (κ1) is 12.0. The van der Waals surface area contributed by atoms with Gasteiger partial charge in [-0.25, -0.2) is 0 Å². The van der Waals surface area contributed by atoms with Crippen LogP contribution in [0.25, 0.3) is 0 Å². The van der Waals surface area contributed by atoms with Gasteiger partial charge in [0.15, 0.2) is 0 Å². The smallest absolute Gasteiger partial charge is 0.0438 e. The summed E-state index contributed by atoms with van der Waals surface area (Å²) in [5, 5.41) is 0. The molecular weight excluding hydrogens is 182 g/mol.